The molecule has 6 nitrogen and oxygen atoms in total. The van der Waals surface area contributed by atoms with Crippen LogP contribution in [0.4, 0.5) is 17.8 Å². The molecule has 0 atom stereocenters. The van der Waals surface area contributed by atoms with Crippen molar-refractivity contribution < 1.29 is 0 Å². The van der Waals surface area contributed by atoms with E-state index < -0.39 is 0 Å². The number of nitrogens with two attached hydrogens (primary N) is 2. The third kappa shape index (κ3) is 4.42. The maximum atomic E-state index is 5.59. The zero-order valence-electron chi connectivity index (χ0n) is 10.7. The van der Waals surface area contributed by atoms with Gasteiger partial charge >= 0.3 is 0 Å². The van der Waals surface area contributed by atoms with Crippen LogP contribution in [0.1, 0.15) is 39.5 Å². The first-order valence-electron chi connectivity index (χ1n) is 6.19. The van der Waals surface area contributed by atoms with Crippen LogP contribution in [0.25, 0.3) is 0 Å². The number of aromatic nitrogens is 3. The minimum atomic E-state index is 0.186. The number of hydrogen-bond donors (Lipinski definition) is 2. The van der Waals surface area contributed by atoms with E-state index in [9.17, 15) is 0 Å². The lowest BCUT2D eigenvalue weighted by atomic mass is 10.3. The predicted molar refractivity (Wildman–Crippen MR) is 70.7 cm³/mol. The number of anilines is 3. The van der Waals surface area contributed by atoms with Crippen LogP contribution in [-0.2, 0) is 0 Å². The molecule has 0 spiro atoms. The lowest BCUT2D eigenvalue weighted by molar-refractivity contribution is 0.662. The average Bonchev–Trinajstić information content (AvgIpc) is 2.28. The summed E-state index contributed by atoms with van der Waals surface area (Å²) in [7, 11) is 0. The quantitative estimate of drug-likeness (QED) is 0.746. The molecule has 0 aliphatic rings. The van der Waals surface area contributed by atoms with Crippen molar-refractivity contribution in [3.05, 3.63) is 0 Å². The first kappa shape index (κ1) is 13.5. The summed E-state index contributed by atoms with van der Waals surface area (Å²) in [5, 5.41) is 0. The van der Waals surface area contributed by atoms with Gasteiger partial charge in [0.1, 0.15) is 0 Å². The molecule has 0 aromatic carbocycles. The van der Waals surface area contributed by atoms with E-state index in [0.717, 1.165) is 38.8 Å². The molecule has 1 rings (SSSR count). The second kappa shape index (κ2) is 6.88. The van der Waals surface area contributed by atoms with Gasteiger partial charge in [-0.3, -0.25) is 0 Å². The Morgan fingerprint density at radius 3 is 1.76 bits per heavy atom. The van der Waals surface area contributed by atoms with Crippen molar-refractivity contribution in [3.8, 4) is 0 Å². The Morgan fingerprint density at radius 2 is 1.35 bits per heavy atom. The molecule has 1 aromatic rings. The van der Waals surface area contributed by atoms with Crippen LogP contribution in [0.2, 0.25) is 0 Å². The normalized spacial score (nSPS) is 10.5. The molecule has 0 bridgehead atoms. The van der Waals surface area contributed by atoms with Gasteiger partial charge in [0.2, 0.25) is 17.8 Å². The molecular weight excluding hydrogens is 216 g/mol. The largest absolute Gasteiger partial charge is 0.368 e. The van der Waals surface area contributed by atoms with Crippen molar-refractivity contribution in [2.45, 2.75) is 39.5 Å². The minimum Gasteiger partial charge on any atom is -0.368 e. The van der Waals surface area contributed by atoms with Gasteiger partial charge in [-0.25, -0.2) is 0 Å². The van der Waals surface area contributed by atoms with E-state index in [1.165, 1.54) is 0 Å². The van der Waals surface area contributed by atoms with Crippen LogP contribution >= 0.6 is 0 Å². The van der Waals surface area contributed by atoms with Crippen LogP contribution in [0.5, 0.6) is 0 Å². The van der Waals surface area contributed by atoms with Crippen molar-refractivity contribution in [1.29, 1.82) is 0 Å². The summed E-state index contributed by atoms with van der Waals surface area (Å²) < 4.78 is 0. The predicted octanol–water partition coefficient (Wildman–Crippen LogP) is 1.44. The molecule has 0 saturated carbocycles. The lowest BCUT2D eigenvalue weighted by Crippen LogP contribution is -2.28. The Labute approximate surface area is 102 Å². The third-order valence-corrected chi connectivity index (χ3v) is 2.50. The van der Waals surface area contributed by atoms with Crippen LogP contribution in [-0.4, -0.2) is 28.0 Å². The van der Waals surface area contributed by atoms with Gasteiger partial charge in [0.05, 0.1) is 0 Å². The minimum absolute atomic E-state index is 0.186. The summed E-state index contributed by atoms with van der Waals surface area (Å²) in [6.07, 6.45) is 4.49. The van der Waals surface area contributed by atoms with E-state index in [2.05, 4.69) is 33.7 Å². The molecule has 1 heterocycles. The van der Waals surface area contributed by atoms with E-state index in [4.69, 9.17) is 11.5 Å². The smallest absolute Gasteiger partial charge is 0.231 e. The zero-order chi connectivity index (χ0) is 12.7. The fourth-order valence-corrected chi connectivity index (χ4v) is 1.55. The summed E-state index contributed by atoms with van der Waals surface area (Å²) in [5.74, 6) is 0.966. The van der Waals surface area contributed by atoms with Gasteiger partial charge in [-0.2, -0.15) is 15.0 Å². The third-order valence-electron chi connectivity index (χ3n) is 2.50. The van der Waals surface area contributed by atoms with E-state index in [1.807, 2.05) is 0 Å². The Morgan fingerprint density at radius 1 is 0.882 bits per heavy atom. The summed E-state index contributed by atoms with van der Waals surface area (Å²) >= 11 is 0. The maximum absolute atomic E-state index is 5.59. The fraction of sp³-hybridized carbons (Fsp3) is 0.727. The van der Waals surface area contributed by atoms with E-state index >= 15 is 0 Å². The molecule has 0 amide bonds. The molecule has 0 aliphatic heterocycles. The monoisotopic (exact) mass is 238 g/mol. The molecular formula is C11H22N6. The Bertz CT molecular complexity index is 312. The zero-order valence-corrected chi connectivity index (χ0v) is 10.7. The Kier molecular flexibility index (Phi) is 5.45. The van der Waals surface area contributed by atoms with Gasteiger partial charge in [-0.15, -0.1) is 0 Å². The number of nitrogen functional groups attached to an aromatic ring is 2. The highest BCUT2D eigenvalue weighted by Crippen LogP contribution is 2.12. The van der Waals surface area contributed by atoms with Crippen molar-refractivity contribution in [2.24, 2.45) is 0 Å². The summed E-state index contributed by atoms with van der Waals surface area (Å²) in [6, 6.07) is 0. The molecule has 1 aromatic heterocycles. The maximum Gasteiger partial charge on any atom is 0.231 e. The van der Waals surface area contributed by atoms with E-state index in [1.54, 1.807) is 0 Å². The van der Waals surface area contributed by atoms with E-state index in [0.29, 0.717) is 5.95 Å². The molecule has 0 saturated heterocycles. The molecule has 0 radical (unpaired) electrons. The van der Waals surface area contributed by atoms with Crippen molar-refractivity contribution in [1.82, 2.24) is 15.0 Å². The van der Waals surface area contributed by atoms with Gasteiger partial charge in [0.25, 0.3) is 0 Å². The lowest BCUT2D eigenvalue weighted by Gasteiger charge is -2.22. The number of rotatable bonds is 7. The number of unbranched alkanes of at least 4 members (excludes halogenated alkanes) is 2. The SMILES string of the molecule is CCCCN(CCCC)c1nc(N)nc(N)n1. The Balaban J connectivity index is 2.78. The summed E-state index contributed by atoms with van der Waals surface area (Å²) in [6.45, 7) is 6.18. The number of nitrogens with zero attached hydrogens (tertiary/aromatic N) is 4. The highest BCUT2D eigenvalue weighted by Gasteiger charge is 2.10. The summed E-state index contributed by atoms with van der Waals surface area (Å²) in [5.41, 5.74) is 11.2. The van der Waals surface area contributed by atoms with Gasteiger partial charge in [-0.05, 0) is 12.8 Å². The number of hydrogen-bond acceptors (Lipinski definition) is 6. The molecule has 6 heteroatoms. The van der Waals surface area contributed by atoms with E-state index in [-0.39, 0.29) is 11.9 Å². The van der Waals surface area contributed by atoms with Gasteiger partial charge in [0.15, 0.2) is 0 Å². The molecule has 0 aliphatic carbocycles. The van der Waals surface area contributed by atoms with Crippen LogP contribution in [0.3, 0.4) is 0 Å². The van der Waals surface area contributed by atoms with Crippen LogP contribution in [0.15, 0.2) is 0 Å². The molecule has 4 N–H and O–H groups in total. The second-order valence-electron chi connectivity index (χ2n) is 4.05. The highest BCUT2D eigenvalue weighted by atomic mass is 15.3. The molecule has 0 fully saturated rings. The molecule has 96 valence electrons. The first-order valence-corrected chi connectivity index (χ1v) is 6.19. The fourth-order valence-electron chi connectivity index (χ4n) is 1.55. The second-order valence-corrected chi connectivity index (χ2v) is 4.05. The van der Waals surface area contributed by atoms with Crippen molar-refractivity contribution in [3.63, 3.8) is 0 Å². The van der Waals surface area contributed by atoms with Gasteiger partial charge in [-0.1, -0.05) is 26.7 Å². The topological polar surface area (TPSA) is 94.0 Å². The standard InChI is InChI=1S/C11H22N6/c1-3-5-7-17(8-6-4-2)11-15-9(12)14-10(13)16-11/h3-8H2,1-2H3,(H4,12,13,14,15,16). The van der Waals surface area contributed by atoms with Crippen LogP contribution in [0, 0.1) is 0 Å². The van der Waals surface area contributed by atoms with Crippen molar-refractivity contribution >= 4 is 17.8 Å². The molecule has 17 heavy (non-hydrogen) atoms. The summed E-state index contributed by atoms with van der Waals surface area (Å²) in [4.78, 5) is 14.2. The first-order chi connectivity index (χ1) is 8.17. The van der Waals surface area contributed by atoms with Crippen molar-refractivity contribution in [2.75, 3.05) is 29.5 Å². The van der Waals surface area contributed by atoms with Gasteiger partial charge in [0, 0.05) is 13.1 Å². The Hall–Kier alpha value is -1.59. The highest BCUT2D eigenvalue weighted by molar-refractivity contribution is 5.39. The molecule has 0 unspecified atom stereocenters. The average molecular weight is 238 g/mol. The van der Waals surface area contributed by atoms with Crippen LogP contribution < -0.4 is 16.4 Å². The van der Waals surface area contributed by atoms with Gasteiger partial charge < -0.3 is 16.4 Å².